The Morgan fingerprint density at radius 2 is 2.09 bits per heavy atom. The fraction of sp³-hybridized carbons (Fsp3) is 0.357. The van der Waals surface area contributed by atoms with Gasteiger partial charge in [0.2, 0.25) is 10.0 Å². The average Bonchev–Trinajstić information content (AvgIpc) is 2.85. The van der Waals surface area contributed by atoms with Crippen molar-refractivity contribution in [2.45, 2.75) is 6.42 Å². The van der Waals surface area contributed by atoms with Crippen molar-refractivity contribution < 1.29 is 13.2 Å². The molecule has 2 N–H and O–H groups in total. The lowest BCUT2D eigenvalue weighted by Crippen LogP contribution is -2.31. The number of aromatic nitrogens is 1. The summed E-state index contributed by atoms with van der Waals surface area (Å²) in [4.78, 5) is 15.0. The predicted octanol–water partition coefficient (Wildman–Crippen LogP) is 1.83. The molecule has 1 amide bonds. The number of H-pyrrole nitrogens is 1. The standard InChI is InChI=1S/C14H18ClN3O3S/c1-18(22(2,20)21)7-3-6-16-14(19)13-8-10-4-5-11(15)9-12(10)17-13/h4-5,8-9,17H,3,6-7H2,1-2H3,(H,16,19). The Morgan fingerprint density at radius 1 is 1.36 bits per heavy atom. The molecule has 1 aromatic heterocycles. The second kappa shape index (κ2) is 6.68. The van der Waals surface area contributed by atoms with Gasteiger partial charge < -0.3 is 10.3 Å². The first-order valence-electron chi connectivity index (χ1n) is 6.75. The predicted molar refractivity (Wildman–Crippen MR) is 87.7 cm³/mol. The lowest BCUT2D eigenvalue weighted by Gasteiger charge is -2.13. The molecule has 0 aliphatic rings. The molecule has 0 saturated carbocycles. The fourth-order valence-electron chi connectivity index (χ4n) is 1.99. The van der Waals surface area contributed by atoms with Gasteiger partial charge in [-0.05, 0) is 24.6 Å². The third kappa shape index (κ3) is 4.22. The van der Waals surface area contributed by atoms with Crippen molar-refractivity contribution in [3.8, 4) is 0 Å². The third-order valence-electron chi connectivity index (χ3n) is 3.33. The molecule has 2 rings (SSSR count). The molecule has 0 aliphatic carbocycles. The number of halogens is 1. The Morgan fingerprint density at radius 3 is 2.77 bits per heavy atom. The van der Waals surface area contributed by atoms with Gasteiger partial charge in [-0.2, -0.15) is 0 Å². The first-order chi connectivity index (χ1) is 10.3. The Hall–Kier alpha value is -1.57. The van der Waals surface area contributed by atoms with Crippen LogP contribution in [0.15, 0.2) is 24.3 Å². The fourth-order valence-corrected chi connectivity index (χ4v) is 2.62. The van der Waals surface area contributed by atoms with Gasteiger partial charge in [0.15, 0.2) is 0 Å². The van der Waals surface area contributed by atoms with Crippen LogP contribution in [0.25, 0.3) is 10.9 Å². The van der Waals surface area contributed by atoms with Gasteiger partial charge in [0.25, 0.3) is 5.91 Å². The van der Waals surface area contributed by atoms with E-state index < -0.39 is 10.0 Å². The van der Waals surface area contributed by atoms with E-state index in [-0.39, 0.29) is 5.91 Å². The Balaban J connectivity index is 1.89. The highest BCUT2D eigenvalue weighted by Gasteiger charge is 2.11. The number of amides is 1. The number of benzene rings is 1. The minimum atomic E-state index is -3.18. The summed E-state index contributed by atoms with van der Waals surface area (Å²) in [5, 5.41) is 4.27. The minimum Gasteiger partial charge on any atom is -0.351 e. The number of carbonyl (C=O) groups excluding carboxylic acids is 1. The van der Waals surface area contributed by atoms with Crippen LogP contribution in [0.4, 0.5) is 0 Å². The highest BCUT2D eigenvalue weighted by atomic mass is 35.5. The Kier molecular flexibility index (Phi) is 5.10. The number of nitrogens with zero attached hydrogens (tertiary/aromatic N) is 1. The number of sulfonamides is 1. The minimum absolute atomic E-state index is 0.227. The summed E-state index contributed by atoms with van der Waals surface area (Å²) in [6.07, 6.45) is 1.70. The van der Waals surface area contributed by atoms with Gasteiger partial charge in [-0.3, -0.25) is 4.79 Å². The topological polar surface area (TPSA) is 82.3 Å². The van der Waals surface area contributed by atoms with Crippen LogP contribution in [0.1, 0.15) is 16.9 Å². The van der Waals surface area contributed by atoms with Gasteiger partial charge >= 0.3 is 0 Å². The molecule has 0 spiro atoms. The molecule has 0 radical (unpaired) electrons. The van der Waals surface area contributed by atoms with Crippen LogP contribution in [-0.2, 0) is 10.0 Å². The number of hydrogen-bond acceptors (Lipinski definition) is 3. The molecule has 1 heterocycles. The SMILES string of the molecule is CN(CCCNC(=O)c1cc2ccc(Cl)cc2[nH]1)S(C)(=O)=O. The van der Waals surface area contributed by atoms with E-state index in [1.807, 2.05) is 6.07 Å². The number of nitrogens with one attached hydrogen (secondary N) is 2. The number of fused-ring (bicyclic) bond motifs is 1. The van der Waals surface area contributed by atoms with E-state index in [0.717, 1.165) is 17.2 Å². The molecular weight excluding hydrogens is 326 g/mol. The zero-order valence-electron chi connectivity index (χ0n) is 12.4. The lowest BCUT2D eigenvalue weighted by molar-refractivity contribution is 0.0948. The molecule has 0 fully saturated rings. The largest absolute Gasteiger partial charge is 0.351 e. The van der Waals surface area contributed by atoms with Gasteiger partial charge in [-0.1, -0.05) is 17.7 Å². The third-order valence-corrected chi connectivity index (χ3v) is 4.88. The van der Waals surface area contributed by atoms with Crippen LogP contribution < -0.4 is 5.32 Å². The van der Waals surface area contributed by atoms with E-state index in [2.05, 4.69) is 10.3 Å². The van der Waals surface area contributed by atoms with Gasteiger partial charge in [-0.25, -0.2) is 12.7 Å². The maximum Gasteiger partial charge on any atom is 0.267 e. The van der Waals surface area contributed by atoms with Crippen LogP contribution in [0.5, 0.6) is 0 Å². The summed E-state index contributed by atoms with van der Waals surface area (Å²) in [7, 11) is -1.66. The van der Waals surface area contributed by atoms with Crippen molar-refractivity contribution in [3.05, 3.63) is 35.0 Å². The maximum absolute atomic E-state index is 12.0. The van der Waals surface area contributed by atoms with Gasteiger partial charge in [0, 0.05) is 36.1 Å². The summed E-state index contributed by atoms with van der Waals surface area (Å²) in [5.74, 6) is -0.227. The van der Waals surface area contributed by atoms with E-state index in [4.69, 9.17) is 11.6 Å². The molecule has 22 heavy (non-hydrogen) atoms. The summed E-state index contributed by atoms with van der Waals surface area (Å²) >= 11 is 5.90. The van der Waals surface area contributed by atoms with Crippen molar-refractivity contribution in [2.24, 2.45) is 0 Å². The molecule has 1 aromatic carbocycles. The van der Waals surface area contributed by atoms with Crippen molar-refractivity contribution >= 4 is 38.4 Å². The van der Waals surface area contributed by atoms with Crippen molar-refractivity contribution in [3.63, 3.8) is 0 Å². The molecular formula is C14H18ClN3O3S. The molecule has 8 heteroatoms. The molecule has 0 aliphatic heterocycles. The van der Waals surface area contributed by atoms with Crippen LogP contribution in [0, 0.1) is 0 Å². The first kappa shape index (κ1) is 16.8. The highest BCUT2D eigenvalue weighted by molar-refractivity contribution is 7.88. The van der Waals surface area contributed by atoms with E-state index in [1.54, 1.807) is 18.2 Å². The van der Waals surface area contributed by atoms with Crippen LogP contribution in [-0.4, -0.2) is 50.0 Å². The molecule has 120 valence electrons. The Labute approximate surface area is 134 Å². The molecule has 0 unspecified atom stereocenters. The van der Waals surface area contributed by atoms with E-state index >= 15 is 0 Å². The van der Waals surface area contributed by atoms with E-state index in [9.17, 15) is 13.2 Å². The molecule has 0 atom stereocenters. The van der Waals surface area contributed by atoms with Gasteiger partial charge in [0.1, 0.15) is 5.69 Å². The highest BCUT2D eigenvalue weighted by Crippen LogP contribution is 2.19. The van der Waals surface area contributed by atoms with E-state index in [0.29, 0.717) is 30.2 Å². The summed E-state index contributed by atoms with van der Waals surface area (Å²) < 4.78 is 23.7. The van der Waals surface area contributed by atoms with Crippen LogP contribution >= 0.6 is 11.6 Å². The number of aromatic amines is 1. The second-order valence-corrected chi connectivity index (χ2v) is 7.63. The summed E-state index contributed by atoms with van der Waals surface area (Å²) in [6, 6.07) is 7.12. The number of hydrogen-bond donors (Lipinski definition) is 2. The molecule has 6 nitrogen and oxygen atoms in total. The second-order valence-electron chi connectivity index (χ2n) is 5.11. The van der Waals surface area contributed by atoms with Crippen LogP contribution in [0.2, 0.25) is 5.02 Å². The monoisotopic (exact) mass is 343 g/mol. The normalized spacial score (nSPS) is 12.0. The Bertz CT molecular complexity index is 786. The number of carbonyl (C=O) groups is 1. The first-order valence-corrected chi connectivity index (χ1v) is 8.98. The maximum atomic E-state index is 12.0. The molecule has 0 saturated heterocycles. The smallest absolute Gasteiger partial charge is 0.267 e. The molecule has 2 aromatic rings. The summed E-state index contributed by atoms with van der Waals surface area (Å²) in [5.41, 5.74) is 1.25. The molecule has 0 bridgehead atoms. The van der Waals surface area contributed by atoms with Gasteiger partial charge in [-0.15, -0.1) is 0 Å². The average molecular weight is 344 g/mol. The summed E-state index contributed by atoms with van der Waals surface area (Å²) in [6.45, 7) is 0.760. The number of rotatable bonds is 6. The van der Waals surface area contributed by atoms with Gasteiger partial charge in [0.05, 0.1) is 6.26 Å². The van der Waals surface area contributed by atoms with Crippen molar-refractivity contribution in [1.29, 1.82) is 0 Å². The van der Waals surface area contributed by atoms with Crippen LogP contribution in [0.3, 0.4) is 0 Å². The van der Waals surface area contributed by atoms with Crippen molar-refractivity contribution in [1.82, 2.24) is 14.6 Å². The van der Waals surface area contributed by atoms with E-state index in [1.165, 1.54) is 11.4 Å². The van der Waals surface area contributed by atoms with Crippen molar-refractivity contribution in [2.75, 3.05) is 26.4 Å². The quantitative estimate of drug-likeness (QED) is 0.785. The zero-order chi connectivity index (χ0) is 16.3. The lowest BCUT2D eigenvalue weighted by atomic mass is 10.2. The zero-order valence-corrected chi connectivity index (χ0v) is 14.0.